The van der Waals surface area contributed by atoms with Crippen molar-refractivity contribution in [3.05, 3.63) is 35.4 Å². The fourth-order valence-electron chi connectivity index (χ4n) is 4.95. The Labute approximate surface area is 228 Å². The lowest BCUT2D eigenvalue weighted by Gasteiger charge is -2.53. The van der Waals surface area contributed by atoms with Crippen molar-refractivity contribution >= 4 is 17.8 Å². The molecule has 1 aliphatic heterocycles. The maximum Gasteiger partial charge on any atom is 0.326 e. The third-order valence-electron chi connectivity index (χ3n) is 7.72. The average molecular weight is 533 g/mol. The summed E-state index contributed by atoms with van der Waals surface area (Å²) < 4.78 is 11.2. The van der Waals surface area contributed by atoms with Crippen molar-refractivity contribution in [2.24, 2.45) is 5.41 Å². The molecule has 0 aromatic heterocycles. The zero-order valence-corrected chi connectivity index (χ0v) is 24.4. The summed E-state index contributed by atoms with van der Waals surface area (Å²) in [6.45, 7) is 12.9. The number of β-lactam (4-membered cyclic amide) rings is 1. The lowest BCUT2D eigenvalue weighted by Crippen LogP contribution is -2.72. The summed E-state index contributed by atoms with van der Waals surface area (Å²) in [6.07, 6.45) is 1.91. The molecule has 1 aliphatic rings. The van der Waals surface area contributed by atoms with Gasteiger partial charge in [-0.15, -0.1) is 0 Å². The van der Waals surface area contributed by atoms with E-state index in [4.69, 9.17) is 9.47 Å². The molecule has 2 unspecified atom stereocenters. The van der Waals surface area contributed by atoms with E-state index in [-0.39, 0.29) is 24.5 Å². The van der Waals surface area contributed by atoms with Crippen LogP contribution in [0.25, 0.3) is 0 Å². The molecule has 1 saturated heterocycles. The Balaban J connectivity index is 2.10. The van der Waals surface area contributed by atoms with Gasteiger partial charge in [0.2, 0.25) is 11.8 Å². The van der Waals surface area contributed by atoms with Gasteiger partial charge in [-0.2, -0.15) is 0 Å². The average Bonchev–Trinajstić information content (AvgIpc) is 2.91. The van der Waals surface area contributed by atoms with Crippen molar-refractivity contribution < 1.29 is 23.9 Å². The summed E-state index contributed by atoms with van der Waals surface area (Å²) in [6, 6.07) is 7.36. The molecule has 9 heteroatoms. The summed E-state index contributed by atoms with van der Waals surface area (Å²) in [5.74, 6) is -0.402. The molecular weight excluding hydrogens is 484 g/mol. The van der Waals surface area contributed by atoms with Gasteiger partial charge in [-0.25, -0.2) is 9.69 Å². The molecule has 0 spiro atoms. The first-order valence-electron chi connectivity index (χ1n) is 14.0. The van der Waals surface area contributed by atoms with E-state index in [9.17, 15) is 14.4 Å². The highest BCUT2D eigenvalue weighted by Gasteiger charge is 2.62. The molecule has 0 bridgehead atoms. The highest BCUT2D eigenvalue weighted by Crippen LogP contribution is 2.46. The molecular formula is C29H48N4O5. The Hall–Kier alpha value is -2.49. The predicted octanol–water partition coefficient (Wildman–Crippen LogP) is 3.96. The van der Waals surface area contributed by atoms with Crippen molar-refractivity contribution in [1.29, 1.82) is 0 Å². The summed E-state index contributed by atoms with van der Waals surface area (Å²) in [5.41, 5.74) is 1.33. The summed E-state index contributed by atoms with van der Waals surface area (Å²) in [4.78, 5) is 44.7. The molecule has 4 amide bonds. The summed E-state index contributed by atoms with van der Waals surface area (Å²) in [7, 11) is 3.66. The van der Waals surface area contributed by atoms with E-state index < -0.39 is 17.7 Å². The number of carbonyl (C=O) groups excluding carboxylic acids is 3. The zero-order chi connectivity index (χ0) is 28.3. The van der Waals surface area contributed by atoms with E-state index in [0.717, 1.165) is 30.5 Å². The third kappa shape index (κ3) is 7.55. The third-order valence-corrected chi connectivity index (χ3v) is 7.72. The second-order valence-corrected chi connectivity index (χ2v) is 10.2. The van der Waals surface area contributed by atoms with Crippen LogP contribution in [0, 0.1) is 12.3 Å². The van der Waals surface area contributed by atoms with Crippen LogP contribution in [0.1, 0.15) is 70.5 Å². The molecule has 38 heavy (non-hydrogen) atoms. The van der Waals surface area contributed by atoms with Crippen molar-refractivity contribution in [1.82, 2.24) is 20.0 Å². The number of aryl methyl sites for hydroxylation is 1. The van der Waals surface area contributed by atoms with Crippen molar-refractivity contribution in [3.8, 4) is 0 Å². The Bertz CT molecular complexity index is 903. The molecule has 1 heterocycles. The van der Waals surface area contributed by atoms with E-state index in [1.165, 1.54) is 4.90 Å². The van der Waals surface area contributed by atoms with Gasteiger partial charge in [0.1, 0.15) is 6.61 Å². The molecule has 1 N–H and O–H groups in total. The SMILES string of the molecule is CCCC(NC(=O)N1C(=O)C(CC)(CC)C1OCC(=O)N(CC)CCN(C)CCOC)c1ccc(C)cc1. The minimum absolute atomic E-state index is 0.156. The molecule has 9 nitrogen and oxygen atoms in total. The highest BCUT2D eigenvalue weighted by molar-refractivity contribution is 6.03. The zero-order valence-electron chi connectivity index (χ0n) is 24.4. The number of nitrogens with one attached hydrogen (secondary N) is 1. The number of likely N-dealkylation sites (tertiary alicyclic amines) is 1. The molecule has 1 fully saturated rings. The lowest BCUT2D eigenvalue weighted by atomic mass is 9.72. The number of benzene rings is 1. The van der Waals surface area contributed by atoms with E-state index in [2.05, 4.69) is 17.1 Å². The number of imide groups is 1. The number of urea groups is 1. The number of nitrogens with zero attached hydrogens (tertiary/aromatic N) is 3. The quantitative estimate of drug-likeness (QED) is 0.324. The molecule has 2 atom stereocenters. The van der Waals surface area contributed by atoms with E-state index in [1.807, 2.05) is 59.0 Å². The number of hydrogen-bond acceptors (Lipinski definition) is 6. The van der Waals surface area contributed by atoms with Gasteiger partial charge < -0.3 is 24.6 Å². The largest absolute Gasteiger partial charge is 0.383 e. The van der Waals surface area contributed by atoms with Crippen LogP contribution in [0.15, 0.2) is 24.3 Å². The van der Waals surface area contributed by atoms with E-state index in [1.54, 1.807) is 12.0 Å². The van der Waals surface area contributed by atoms with Crippen LogP contribution < -0.4 is 5.32 Å². The smallest absolute Gasteiger partial charge is 0.326 e. The van der Waals surface area contributed by atoms with Gasteiger partial charge in [0.05, 0.1) is 18.1 Å². The van der Waals surface area contributed by atoms with Crippen LogP contribution in [-0.4, -0.2) is 92.3 Å². The fraction of sp³-hybridized carbons (Fsp3) is 0.690. The Morgan fingerprint density at radius 2 is 1.74 bits per heavy atom. The first-order valence-corrected chi connectivity index (χ1v) is 14.0. The van der Waals surface area contributed by atoms with Crippen LogP contribution in [0.3, 0.4) is 0 Å². The van der Waals surface area contributed by atoms with Gasteiger partial charge in [-0.1, -0.05) is 57.0 Å². The molecule has 0 radical (unpaired) electrons. The molecule has 1 aromatic carbocycles. The van der Waals surface area contributed by atoms with Gasteiger partial charge in [-0.3, -0.25) is 9.59 Å². The topological polar surface area (TPSA) is 91.4 Å². The minimum Gasteiger partial charge on any atom is -0.383 e. The Morgan fingerprint density at radius 3 is 2.29 bits per heavy atom. The van der Waals surface area contributed by atoms with Gasteiger partial charge >= 0.3 is 6.03 Å². The number of hydrogen-bond donors (Lipinski definition) is 1. The van der Waals surface area contributed by atoms with Crippen molar-refractivity contribution in [2.75, 3.05) is 53.6 Å². The predicted molar refractivity (Wildman–Crippen MR) is 149 cm³/mol. The minimum atomic E-state index is -0.806. The number of ether oxygens (including phenoxy) is 2. The number of rotatable bonds is 16. The molecule has 214 valence electrons. The van der Waals surface area contributed by atoms with Crippen molar-refractivity contribution in [3.63, 3.8) is 0 Å². The molecule has 0 aliphatic carbocycles. The second kappa shape index (κ2) is 15.2. The number of carbonyl (C=O) groups is 3. The van der Waals surface area contributed by atoms with Crippen LogP contribution in [-0.2, 0) is 19.1 Å². The van der Waals surface area contributed by atoms with Gasteiger partial charge in [0.15, 0.2) is 6.23 Å². The second-order valence-electron chi connectivity index (χ2n) is 10.2. The lowest BCUT2D eigenvalue weighted by molar-refractivity contribution is -0.212. The first kappa shape index (κ1) is 31.7. The normalized spacial score (nSPS) is 17.3. The number of methoxy groups -OCH3 is 1. The summed E-state index contributed by atoms with van der Waals surface area (Å²) in [5, 5.41) is 3.05. The van der Waals surface area contributed by atoms with Gasteiger partial charge in [-0.05, 0) is 45.7 Å². The van der Waals surface area contributed by atoms with Crippen molar-refractivity contribution in [2.45, 2.75) is 72.6 Å². The Morgan fingerprint density at radius 1 is 1.08 bits per heavy atom. The van der Waals surface area contributed by atoms with Gasteiger partial charge in [0, 0.05) is 33.3 Å². The number of amides is 4. The molecule has 0 saturated carbocycles. The van der Waals surface area contributed by atoms with E-state index in [0.29, 0.717) is 39.1 Å². The van der Waals surface area contributed by atoms with Crippen LogP contribution in [0.2, 0.25) is 0 Å². The van der Waals surface area contributed by atoms with Crippen LogP contribution >= 0.6 is 0 Å². The molecule has 2 rings (SSSR count). The standard InChI is InChI=1S/C29H48N4O5/c1-8-12-24(23-15-13-22(5)14-16-23)30-28(36)33-26(35)29(9-2,10-3)27(33)38-21-25(34)32(11-4)18-17-31(6)19-20-37-7/h13-16,24,27H,8-12,17-21H2,1-7H3,(H,30,36). The highest BCUT2D eigenvalue weighted by atomic mass is 16.5. The fourth-order valence-corrected chi connectivity index (χ4v) is 4.95. The number of likely N-dealkylation sites (N-methyl/N-ethyl adjacent to an activating group) is 2. The maximum absolute atomic E-state index is 13.4. The monoisotopic (exact) mass is 532 g/mol. The van der Waals surface area contributed by atoms with Gasteiger partial charge in [0.25, 0.3) is 0 Å². The Kier molecular flexibility index (Phi) is 12.7. The first-order chi connectivity index (χ1) is 18.2. The van der Waals surface area contributed by atoms with Crippen LogP contribution in [0.5, 0.6) is 0 Å². The van der Waals surface area contributed by atoms with Crippen LogP contribution in [0.4, 0.5) is 4.79 Å². The maximum atomic E-state index is 13.4. The molecule has 1 aromatic rings. The van der Waals surface area contributed by atoms with E-state index >= 15 is 0 Å². The summed E-state index contributed by atoms with van der Waals surface area (Å²) >= 11 is 0.